The van der Waals surface area contributed by atoms with Gasteiger partial charge in [-0.15, -0.1) is 0 Å². The van der Waals surface area contributed by atoms with Crippen LogP contribution in [0.3, 0.4) is 0 Å². The highest BCUT2D eigenvalue weighted by atomic mass is 32.2. The van der Waals surface area contributed by atoms with E-state index in [4.69, 9.17) is 0 Å². The number of benzene rings is 1. The minimum absolute atomic E-state index is 0.0988. The number of thiophene rings is 1. The Morgan fingerprint density at radius 3 is 2.45 bits per heavy atom. The number of urea groups is 1. The number of hydrogen-bond acceptors (Lipinski definition) is 5. The van der Waals surface area contributed by atoms with E-state index in [0.29, 0.717) is 18.5 Å². The number of carbonyl (C=O) groups is 2. The molecule has 2 aliphatic carbocycles. The van der Waals surface area contributed by atoms with Crippen LogP contribution in [0.25, 0.3) is 0 Å². The van der Waals surface area contributed by atoms with Crippen molar-refractivity contribution in [3.63, 3.8) is 0 Å². The molecule has 174 valence electrons. The number of amides is 3. The second-order valence-electron chi connectivity index (χ2n) is 8.88. The summed E-state index contributed by atoms with van der Waals surface area (Å²) in [6, 6.07) is 2.98. The maximum atomic E-state index is 12.7. The lowest BCUT2D eigenvalue weighted by molar-refractivity contribution is 0.0762. The zero-order valence-electron chi connectivity index (χ0n) is 18.3. The molecule has 1 atom stereocenters. The fourth-order valence-corrected chi connectivity index (χ4v) is 6.66. The summed E-state index contributed by atoms with van der Waals surface area (Å²) in [6.07, 6.45) is 8.92. The first kappa shape index (κ1) is 22.2. The normalized spacial score (nSPS) is 19.6. The van der Waals surface area contributed by atoms with E-state index in [1.807, 2.05) is 5.38 Å². The van der Waals surface area contributed by atoms with Gasteiger partial charge in [-0.05, 0) is 91.1 Å². The fraction of sp³-hybridized carbons (Fsp3) is 0.417. The molecule has 1 unspecified atom stereocenters. The molecule has 9 heteroatoms. The van der Waals surface area contributed by atoms with Crippen molar-refractivity contribution in [2.75, 3.05) is 11.9 Å². The van der Waals surface area contributed by atoms with E-state index in [1.165, 1.54) is 28.5 Å². The summed E-state index contributed by atoms with van der Waals surface area (Å²) in [7, 11) is -4.00. The number of likely N-dealkylation sites (tertiary alicyclic amines) is 1. The van der Waals surface area contributed by atoms with Crippen molar-refractivity contribution in [2.45, 2.75) is 57.4 Å². The summed E-state index contributed by atoms with van der Waals surface area (Å²) in [5, 5.41) is 7.49. The number of sulfonamides is 1. The van der Waals surface area contributed by atoms with E-state index in [-0.39, 0.29) is 11.9 Å². The molecule has 0 spiro atoms. The third-order valence-corrected chi connectivity index (χ3v) is 8.42. The number of aryl methyl sites for hydroxylation is 2. The molecule has 33 heavy (non-hydrogen) atoms. The molecule has 7 nitrogen and oxygen atoms in total. The van der Waals surface area contributed by atoms with Gasteiger partial charge in [-0.25, -0.2) is 17.9 Å². The van der Waals surface area contributed by atoms with Crippen molar-refractivity contribution in [3.05, 3.63) is 62.2 Å². The lowest BCUT2D eigenvalue weighted by atomic mass is 9.99. The summed E-state index contributed by atoms with van der Waals surface area (Å²) >= 11 is 1.45. The number of anilines is 1. The summed E-state index contributed by atoms with van der Waals surface area (Å²) in [4.78, 5) is 27.0. The summed E-state index contributed by atoms with van der Waals surface area (Å²) in [5.41, 5.74) is 6.25. The topological polar surface area (TPSA) is 95.6 Å². The van der Waals surface area contributed by atoms with Gasteiger partial charge in [-0.1, -0.05) is 6.07 Å². The molecule has 1 aromatic heterocycles. The van der Waals surface area contributed by atoms with E-state index in [9.17, 15) is 18.0 Å². The lowest BCUT2D eigenvalue weighted by Crippen LogP contribution is -2.36. The van der Waals surface area contributed by atoms with Gasteiger partial charge in [0.05, 0.1) is 11.6 Å². The predicted octanol–water partition coefficient (Wildman–Crippen LogP) is 4.00. The third kappa shape index (κ3) is 4.56. The molecule has 0 radical (unpaired) electrons. The Balaban J connectivity index is 1.27. The molecule has 2 N–H and O–H groups in total. The van der Waals surface area contributed by atoms with Gasteiger partial charge < -0.3 is 10.2 Å². The van der Waals surface area contributed by atoms with E-state index < -0.39 is 16.1 Å². The summed E-state index contributed by atoms with van der Waals surface area (Å²) < 4.78 is 27.3. The minimum atomic E-state index is -4.00. The van der Waals surface area contributed by atoms with Crippen LogP contribution in [0.1, 0.15) is 58.3 Å². The zero-order valence-corrected chi connectivity index (χ0v) is 19.9. The predicted molar refractivity (Wildman–Crippen MR) is 129 cm³/mol. The summed E-state index contributed by atoms with van der Waals surface area (Å²) in [5.74, 6) is -0.0988. The lowest BCUT2D eigenvalue weighted by Gasteiger charge is -2.21. The molecule has 2 heterocycles. The molecular formula is C24H27N3O4S2. The Labute approximate surface area is 197 Å². The van der Waals surface area contributed by atoms with Crippen LogP contribution in [0.2, 0.25) is 0 Å². The number of nitrogens with one attached hydrogen (secondary N) is 2. The first-order chi connectivity index (χ1) is 15.9. The van der Waals surface area contributed by atoms with Gasteiger partial charge >= 0.3 is 6.03 Å². The number of hydrogen-bond donors (Lipinski definition) is 2. The van der Waals surface area contributed by atoms with Crippen LogP contribution in [0.4, 0.5) is 10.5 Å². The van der Waals surface area contributed by atoms with Crippen molar-refractivity contribution in [1.82, 2.24) is 9.62 Å². The average Bonchev–Trinajstić information content (AvgIpc) is 3.58. The van der Waals surface area contributed by atoms with E-state index in [2.05, 4.69) is 16.1 Å². The van der Waals surface area contributed by atoms with Crippen LogP contribution >= 0.6 is 11.3 Å². The molecule has 1 aromatic carbocycles. The maximum absolute atomic E-state index is 12.7. The second kappa shape index (κ2) is 8.95. The van der Waals surface area contributed by atoms with Gasteiger partial charge in [0.2, 0.25) is 0 Å². The molecule has 5 rings (SSSR count). The largest absolute Gasteiger partial charge is 0.333 e. The van der Waals surface area contributed by atoms with Crippen molar-refractivity contribution in [3.8, 4) is 0 Å². The number of rotatable bonds is 5. The molecule has 3 amide bonds. The molecule has 2 aromatic rings. The van der Waals surface area contributed by atoms with Crippen molar-refractivity contribution >= 4 is 39.0 Å². The number of nitrogens with zero attached hydrogens (tertiary/aromatic N) is 1. The van der Waals surface area contributed by atoms with Crippen molar-refractivity contribution in [2.24, 2.45) is 0 Å². The molecule has 1 fully saturated rings. The summed E-state index contributed by atoms with van der Waals surface area (Å²) in [6.45, 7) is 0.585. The van der Waals surface area contributed by atoms with Crippen LogP contribution in [0, 0.1) is 0 Å². The van der Waals surface area contributed by atoms with Gasteiger partial charge in [-0.3, -0.25) is 4.79 Å². The SMILES string of the molecule is O=C(Nc1c2c(cc3c1CCC3)CCC2)NS(=O)(=O)/C=C/C1CCCN1C(=O)c1ccsc1. The van der Waals surface area contributed by atoms with Gasteiger partial charge in [0.1, 0.15) is 0 Å². The van der Waals surface area contributed by atoms with Crippen LogP contribution in [0.15, 0.2) is 34.4 Å². The Bertz CT molecular complexity index is 1190. The van der Waals surface area contributed by atoms with Gasteiger partial charge in [0.15, 0.2) is 0 Å². The minimum Gasteiger partial charge on any atom is -0.332 e. The third-order valence-electron chi connectivity index (χ3n) is 6.75. The highest BCUT2D eigenvalue weighted by Gasteiger charge is 2.29. The van der Waals surface area contributed by atoms with Gasteiger partial charge in [0.25, 0.3) is 15.9 Å². The highest BCUT2D eigenvalue weighted by molar-refractivity contribution is 7.92. The molecular weight excluding hydrogens is 458 g/mol. The van der Waals surface area contributed by atoms with Crippen LogP contribution in [0.5, 0.6) is 0 Å². The Hall–Kier alpha value is -2.65. The maximum Gasteiger partial charge on any atom is 0.333 e. The smallest absolute Gasteiger partial charge is 0.332 e. The molecule has 1 aliphatic heterocycles. The van der Waals surface area contributed by atoms with E-state index in [0.717, 1.165) is 67.2 Å². The van der Waals surface area contributed by atoms with Crippen LogP contribution in [-0.4, -0.2) is 37.8 Å². The van der Waals surface area contributed by atoms with Crippen LogP contribution < -0.4 is 10.0 Å². The van der Waals surface area contributed by atoms with Crippen molar-refractivity contribution in [1.29, 1.82) is 0 Å². The second-order valence-corrected chi connectivity index (χ2v) is 11.2. The monoisotopic (exact) mass is 485 g/mol. The standard InChI is InChI=1S/C24H27N3O4S2/c28-23(18-9-12-32-15-18)27-11-3-6-19(27)10-13-33(30,31)26-24(29)25-22-20-7-1-4-16(20)14-17-5-2-8-21(17)22/h9-10,12-15,19H,1-8,11H2,(H2,25,26,29)/b13-10+. The number of carbonyl (C=O) groups excluding carboxylic acids is 2. The Kier molecular flexibility index (Phi) is 6.01. The van der Waals surface area contributed by atoms with Crippen LogP contribution in [-0.2, 0) is 35.7 Å². The fourth-order valence-electron chi connectivity index (χ4n) is 5.26. The molecule has 1 saturated heterocycles. The average molecular weight is 486 g/mol. The molecule has 3 aliphatic rings. The molecule has 0 saturated carbocycles. The first-order valence-electron chi connectivity index (χ1n) is 11.4. The van der Waals surface area contributed by atoms with Gasteiger partial charge in [0, 0.05) is 23.0 Å². The first-order valence-corrected chi connectivity index (χ1v) is 13.9. The van der Waals surface area contributed by atoms with Crippen molar-refractivity contribution < 1.29 is 18.0 Å². The van der Waals surface area contributed by atoms with E-state index in [1.54, 1.807) is 16.3 Å². The van der Waals surface area contributed by atoms with E-state index >= 15 is 0 Å². The zero-order chi connectivity index (χ0) is 23.0. The Morgan fingerprint density at radius 2 is 1.79 bits per heavy atom. The molecule has 0 bridgehead atoms. The number of fused-ring (bicyclic) bond motifs is 2. The van der Waals surface area contributed by atoms with Gasteiger partial charge in [-0.2, -0.15) is 11.3 Å². The quantitative estimate of drug-likeness (QED) is 0.669. The Morgan fingerprint density at radius 1 is 1.06 bits per heavy atom. The highest BCUT2D eigenvalue weighted by Crippen LogP contribution is 2.38.